The Morgan fingerprint density at radius 2 is 1.44 bits per heavy atom. The van der Waals surface area contributed by atoms with E-state index >= 15 is 0 Å². The molecule has 0 spiro atoms. The Labute approximate surface area is 170 Å². The lowest BCUT2D eigenvalue weighted by molar-refractivity contribution is 0.0824. The summed E-state index contributed by atoms with van der Waals surface area (Å²) in [6.45, 7) is 5.28. The van der Waals surface area contributed by atoms with Crippen LogP contribution in [0.1, 0.15) is 25.0 Å². The van der Waals surface area contributed by atoms with E-state index in [1.807, 2.05) is 66.7 Å². The van der Waals surface area contributed by atoms with E-state index in [1.54, 1.807) is 6.07 Å². The Balaban J connectivity index is 1.60. The zero-order valence-corrected chi connectivity index (χ0v) is 16.9. The van der Waals surface area contributed by atoms with Crippen LogP contribution in [0.15, 0.2) is 72.8 Å². The Hall–Kier alpha value is -2.00. The molecule has 4 heteroatoms. The number of hydrogen-bond donors (Lipinski definition) is 0. The molecule has 0 aromatic heterocycles. The van der Waals surface area contributed by atoms with Gasteiger partial charge in [-0.25, -0.2) is 0 Å². The Bertz CT molecular complexity index is 872. The van der Waals surface area contributed by atoms with Crippen molar-refractivity contribution in [3.8, 4) is 11.5 Å². The van der Waals surface area contributed by atoms with Crippen LogP contribution in [0.5, 0.6) is 11.5 Å². The molecule has 0 saturated heterocycles. The fourth-order valence-electron chi connectivity index (χ4n) is 2.78. The van der Waals surface area contributed by atoms with Gasteiger partial charge in [0.2, 0.25) is 0 Å². The quantitative estimate of drug-likeness (QED) is 0.414. The van der Waals surface area contributed by atoms with Crippen LogP contribution in [-0.4, -0.2) is 6.61 Å². The Morgan fingerprint density at radius 3 is 2.15 bits per heavy atom. The molecule has 3 aromatic rings. The molecule has 140 valence electrons. The Kier molecular flexibility index (Phi) is 6.43. The molecule has 0 saturated carbocycles. The van der Waals surface area contributed by atoms with Gasteiger partial charge in [0.1, 0.15) is 11.5 Å². The van der Waals surface area contributed by atoms with Gasteiger partial charge in [-0.3, -0.25) is 0 Å². The van der Waals surface area contributed by atoms with Gasteiger partial charge in [0.15, 0.2) is 0 Å². The van der Waals surface area contributed by atoms with Crippen molar-refractivity contribution < 1.29 is 9.47 Å². The van der Waals surface area contributed by atoms with Gasteiger partial charge in [-0.05, 0) is 53.6 Å². The van der Waals surface area contributed by atoms with Gasteiger partial charge in [0.05, 0.1) is 13.2 Å². The van der Waals surface area contributed by atoms with Crippen molar-refractivity contribution in [1.82, 2.24) is 0 Å². The summed E-state index contributed by atoms with van der Waals surface area (Å²) >= 11 is 12.3. The van der Waals surface area contributed by atoms with Crippen LogP contribution in [-0.2, 0) is 16.8 Å². The first-order valence-electron chi connectivity index (χ1n) is 8.78. The summed E-state index contributed by atoms with van der Waals surface area (Å²) in [4.78, 5) is 0. The first-order chi connectivity index (χ1) is 12.9. The highest BCUT2D eigenvalue weighted by atomic mass is 35.5. The molecule has 0 heterocycles. The topological polar surface area (TPSA) is 18.5 Å². The highest BCUT2D eigenvalue weighted by molar-refractivity contribution is 6.34. The normalized spacial score (nSPS) is 11.4. The second kappa shape index (κ2) is 8.79. The highest BCUT2D eigenvalue weighted by Gasteiger charge is 2.22. The summed E-state index contributed by atoms with van der Waals surface area (Å²) < 4.78 is 11.9. The number of benzene rings is 3. The van der Waals surface area contributed by atoms with Gasteiger partial charge in [-0.1, -0.05) is 67.4 Å². The minimum atomic E-state index is -0.202. The van der Waals surface area contributed by atoms with E-state index < -0.39 is 0 Å². The Morgan fingerprint density at radius 1 is 0.778 bits per heavy atom. The molecule has 0 aliphatic carbocycles. The maximum atomic E-state index is 6.13. The molecule has 0 N–H and O–H groups in total. The van der Waals surface area contributed by atoms with Crippen molar-refractivity contribution in [3.63, 3.8) is 0 Å². The molecule has 0 atom stereocenters. The van der Waals surface area contributed by atoms with Crippen molar-refractivity contribution in [2.45, 2.75) is 25.9 Å². The summed E-state index contributed by atoms with van der Waals surface area (Å²) in [6, 6.07) is 23.3. The second-order valence-corrected chi connectivity index (χ2v) is 7.97. The van der Waals surface area contributed by atoms with Crippen LogP contribution >= 0.6 is 23.2 Å². The summed E-state index contributed by atoms with van der Waals surface area (Å²) in [5.41, 5.74) is 1.91. The minimum Gasteiger partial charge on any atom is -0.457 e. The third-order valence-corrected chi connectivity index (χ3v) is 4.69. The maximum absolute atomic E-state index is 6.13. The predicted octanol–water partition coefficient (Wildman–Crippen LogP) is 7.28. The molecular weight excluding hydrogens is 379 g/mol. The van der Waals surface area contributed by atoms with Crippen molar-refractivity contribution >= 4 is 23.2 Å². The first-order valence-corrected chi connectivity index (χ1v) is 9.54. The maximum Gasteiger partial charge on any atom is 0.127 e. The van der Waals surface area contributed by atoms with E-state index in [1.165, 1.54) is 0 Å². The second-order valence-electron chi connectivity index (χ2n) is 7.10. The third-order valence-electron chi connectivity index (χ3n) is 4.25. The highest BCUT2D eigenvalue weighted by Crippen LogP contribution is 2.30. The molecule has 3 aromatic carbocycles. The van der Waals surface area contributed by atoms with Gasteiger partial charge in [0.25, 0.3) is 0 Å². The van der Waals surface area contributed by atoms with Crippen LogP contribution in [0, 0.1) is 0 Å². The van der Waals surface area contributed by atoms with Crippen molar-refractivity contribution in [2.24, 2.45) is 0 Å². The largest absolute Gasteiger partial charge is 0.457 e. The zero-order valence-electron chi connectivity index (χ0n) is 15.4. The van der Waals surface area contributed by atoms with E-state index in [-0.39, 0.29) is 5.41 Å². The standard InChI is InChI=1S/C23H22Cl2O2/c1-23(2,18-12-19(24)14-20(25)13-18)16-26-15-17-7-6-10-22(11-17)27-21-8-4-3-5-9-21/h3-14H,15-16H2,1-2H3. The smallest absolute Gasteiger partial charge is 0.127 e. The van der Waals surface area contributed by atoms with Gasteiger partial charge in [-0.15, -0.1) is 0 Å². The molecular formula is C23H22Cl2O2. The van der Waals surface area contributed by atoms with Crippen molar-refractivity contribution in [2.75, 3.05) is 6.61 Å². The molecule has 2 nitrogen and oxygen atoms in total. The lowest BCUT2D eigenvalue weighted by Crippen LogP contribution is -2.24. The van der Waals surface area contributed by atoms with E-state index in [0.717, 1.165) is 22.6 Å². The zero-order chi connectivity index (χ0) is 19.3. The number of ether oxygens (including phenoxy) is 2. The molecule has 0 fully saturated rings. The fourth-order valence-corrected chi connectivity index (χ4v) is 3.30. The van der Waals surface area contributed by atoms with Gasteiger partial charge in [-0.2, -0.15) is 0 Å². The molecule has 0 aliphatic heterocycles. The van der Waals surface area contributed by atoms with Gasteiger partial charge in [0, 0.05) is 15.5 Å². The number of rotatable bonds is 7. The summed E-state index contributed by atoms with van der Waals surface area (Å²) in [5.74, 6) is 1.61. The lowest BCUT2D eigenvalue weighted by Gasteiger charge is -2.25. The molecule has 0 bridgehead atoms. The minimum absolute atomic E-state index is 0.202. The molecule has 27 heavy (non-hydrogen) atoms. The SMILES string of the molecule is CC(C)(COCc1cccc(Oc2ccccc2)c1)c1cc(Cl)cc(Cl)c1. The third kappa shape index (κ3) is 5.74. The van der Waals surface area contributed by atoms with Crippen LogP contribution < -0.4 is 4.74 Å². The number of hydrogen-bond acceptors (Lipinski definition) is 2. The van der Waals surface area contributed by atoms with Crippen LogP contribution in [0.25, 0.3) is 0 Å². The summed E-state index contributed by atoms with van der Waals surface area (Å²) in [7, 11) is 0. The van der Waals surface area contributed by atoms with Crippen molar-refractivity contribution in [1.29, 1.82) is 0 Å². The number of para-hydroxylation sites is 1. The van der Waals surface area contributed by atoms with Crippen molar-refractivity contribution in [3.05, 3.63) is 94.0 Å². The van der Waals surface area contributed by atoms with Crippen LogP contribution in [0.2, 0.25) is 10.0 Å². The average Bonchev–Trinajstić information content (AvgIpc) is 2.62. The monoisotopic (exact) mass is 400 g/mol. The van der Waals surface area contributed by atoms with Crippen LogP contribution in [0.3, 0.4) is 0 Å². The first kappa shape index (κ1) is 19.8. The van der Waals surface area contributed by atoms with E-state index in [4.69, 9.17) is 32.7 Å². The molecule has 0 aliphatic rings. The summed E-state index contributed by atoms with van der Waals surface area (Å²) in [5, 5.41) is 1.27. The molecule has 0 amide bonds. The van der Waals surface area contributed by atoms with E-state index in [2.05, 4.69) is 13.8 Å². The summed E-state index contributed by atoms with van der Waals surface area (Å²) in [6.07, 6.45) is 0. The molecule has 3 rings (SSSR count). The lowest BCUT2D eigenvalue weighted by atomic mass is 9.85. The van der Waals surface area contributed by atoms with E-state index in [9.17, 15) is 0 Å². The van der Waals surface area contributed by atoms with Gasteiger partial charge >= 0.3 is 0 Å². The average molecular weight is 401 g/mol. The fraction of sp³-hybridized carbons (Fsp3) is 0.217. The number of halogens is 2. The van der Waals surface area contributed by atoms with Crippen LogP contribution in [0.4, 0.5) is 0 Å². The van der Waals surface area contributed by atoms with E-state index in [0.29, 0.717) is 23.3 Å². The van der Waals surface area contributed by atoms with Gasteiger partial charge < -0.3 is 9.47 Å². The molecule has 0 radical (unpaired) electrons. The predicted molar refractivity (Wildman–Crippen MR) is 112 cm³/mol. The molecule has 0 unspecified atom stereocenters.